The summed E-state index contributed by atoms with van der Waals surface area (Å²) in [5.74, 6) is 0.282. The summed E-state index contributed by atoms with van der Waals surface area (Å²) in [5, 5.41) is 5.01. The van der Waals surface area contributed by atoms with Crippen molar-refractivity contribution in [2.75, 3.05) is 26.7 Å². The Hall–Kier alpha value is -2.63. The van der Waals surface area contributed by atoms with E-state index in [2.05, 4.69) is 17.7 Å². The molecule has 1 aromatic carbocycles. The largest absolute Gasteiger partial charge is 0.342 e. The Bertz CT molecular complexity index is 997. The van der Waals surface area contributed by atoms with Crippen LogP contribution >= 0.6 is 0 Å². The monoisotopic (exact) mass is 420 g/mol. The topological polar surface area (TPSA) is 58.4 Å². The third-order valence-electron chi connectivity index (χ3n) is 7.73. The van der Waals surface area contributed by atoms with Gasteiger partial charge in [0.05, 0.1) is 23.7 Å². The number of likely N-dealkylation sites (tertiary alicyclic amines) is 1. The van der Waals surface area contributed by atoms with E-state index >= 15 is 0 Å². The molecule has 2 amide bonds. The Balaban J connectivity index is 1.35. The second-order valence-corrected chi connectivity index (χ2v) is 9.74. The highest BCUT2D eigenvalue weighted by atomic mass is 16.2. The molecule has 1 aliphatic carbocycles. The number of carbonyl (C=O) groups is 2. The first-order chi connectivity index (χ1) is 15.0. The van der Waals surface area contributed by atoms with Crippen LogP contribution in [0.3, 0.4) is 0 Å². The highest BCUT2D eigenvalue weighted by Gasteiger charge is 2.47. The number of hydrogen-bond acceptors (Lipinski definition) is 3. The SMILES string of the molecule is Cc1ccccc1CC(=O)N1CCC2(CC1)CN(C)C(=O)c1cn(C3CCCC3)nc12. The van der Waals surface area contributed by atoms with Crippen molar-refractivity contribution in [3.8, 4) is 0 Å². The van der Waals surface area contributed by atoms with Crippen LogP contribution in [0.25, 0.3) is 0 Å². The summed E-state index contributed by atoms with van der Waals surface area (Å²) in [6.45, 7) is 4.20. The maximum absolute atomic E-state index is 13.0. The number of likely N-dealkylation sites (N-methyl/N-ethyl adjacent to an activating group) is 1. The number of benzene rings is 1. The number of nitrogens with zero attached hydrogens (tertiary/aromatic N) is 4. The predicted molar refractivity (Wildman–Crippen MR) is 119 cm³/mol. The van der Waals surface area contributed by atoms with E-state index in [1.165, 1.54) is 18.4 Å². The summed E-state index contributed by atoms with van der Waals surface area (Å²) >= 11 is 0. The van der Waals surface area contributed by atoms with Crippen molar-refractivity contribution in [1.82, 2.24) is 19.6 Å². The van der Waals surface area contributed by atoms with E-state index in [1.54, 1.807) is 0 Å². The summed E-state index contributed by atoms with van der Waals surface area (Å²) in [6.07, 6.45) is 8.97. The molecule has 1 saturated heterocycles. The zero-order valence-corrected chi connectivity index (χ0v) is 18.6. The number of hydrogen-bond donors (Lipinski definition) is 0. The van der Waals surface area contributed by atoms with Crippen molar-refractivity contribution in [2.24, 2.45) is 0 Å². The van der Waals surface area contributed by atoms with Gasteiger partial charge in [0.25, 0.3) is 5.91 Å². The molecule has 3 aliphatic rings. The van der Waals surface area contributed by atoms with Crippen molar-refractivity contribution in [3.63, 3.8) is 0 Å². The first kappa shape index (κ1) is 20.3. The van der Waals surface area contributed by atoms with E-state index in [0.717, 1.165) is 55.6 Å². The van der Waals surface area contributed by atoms with Gasteiger partial charge in [0.1, 0.15) is 0 Å². The van der Waals surface area contributed by atoms with Crippen molar-refractivity contribution in [2.45, 2.75) is 63.3 Å². The molecule has 1 saturated carbocycles. The Labute approximate surface area is 184 Å². The average Bonchev–Trinajstić information content (AvgIpc) is 3.45. The third kappa shape index (κ3) is 3.56. The highest BCUT2D eigenvalue weighted by Crippen LogP contribution is 2.42. The first-order valence-corrected chi connectivity index (χ1v) is 11.6. The van der Waals surface area contributed by atoms with Crippen LogP contribution in [-0.4, -0.2) is 58.1 Å². The zero-order valence-electron chi connectivity index (χ0n) is 18.6. The Morgan fingerprint density at radius 2 is 1.87 bits per heavy atom. The van der Waals surface area contributed by atoms with Gasteiger partial charge in [-0.2, -0.15) is 5.10 Å². The van der Waals surface area contributed by atoms with Gasteiger partial charge < -0.3 is 9.80 Å². The Morgan fingerprint density at radius 1 is 1.16 bits per heavy atom. The van der Waals surface area contributed by atoms with E-state index < -0.39 is 0 Å². The van der Waals surface area contributed by atoms with Gasteiger partial charge in [-0.25, -0.2) is 0 Å². The van der Waals surface area contributed by atoms with E-state index in [4.69, 9.17) is 5.10 Å². The molecule has 1 aromatic heterocycles. The molecule has 164 valence electrons. The van der Waals surface area contributed by atoms with Gasteiger partial charge in [-0.15, -0.1) is 0 Å². The minimum absolute atomic E-state index is 0.0860. The molecule has 3 heterocycles. The summed E-state index contributed by atoms with van der Waals surface area (Å²) in [5.41, 5.74) is 3.89. The van der Waals surface area contributed by atoms with Crippen LogP contribution in [0.15, 0.2) is 30.5 Å². The van der Waals surface area contributed by atoms with Gasteiger partial charge >= 0.3 is 0 Å². The van der Waals surface area contributed by atoms with E-state index in [1.807, 2.05) is 41.2 Å². The summed E-state index contributed by atoms with van der Waals surface area (Å²) in [4.78, 5) is 29.7. The van der Waals surface area contributed by atoms with Crippen molar-refractivity contribution < 1.29 is 9.59 Å². The number of rotatable bonds is 3. The fourth-order valence-electron chi connectivity index (χ4n) is 5.76. The number of carbonyl (C=O) groups excluding carboxylic acids is 2. The lowest BCUT2D eigenvalue weighted by Crippen LogP contribution is -2.54. The molecule has 2 aromatic rings. The van der Waals surface area contributed by atoms with Gasteiger partial charge in [0, 0.05) is 38.3 Å². The molecule has 2 aliphatic heterocycles. The van der Waals surface area contributed by atoms with Crippen molar-refractivity contribution >= 4 is 11.8 Å². The lowest BCUT2D eigenvalue weighted by atomic mass is 9.72. The minimum Gasteiger partial charge on any atom is -0.342 e. The van der Waals surface area contributed by atoms with E-state index in [9.17, 15) is 9.59 Å². The number of fused-ring (bicyclic) bond motifs is 2. The van der Waals surface area contributed by atoms with E-state index in [-0.39, 0.29) is 17.2 Å². The number of aromatic nitrogens is 2. The number of piperidine rings is 1. The maximum atomic E-state index is 13.0. The van der Waals surface area contributed by atoms with Crippen LogP contribution in [-0.2, 0) is 16.6 Å². The summed E-state index contributed by atoms with van der Waals surface area (Å²) < 4.78 is 2.08. The highest BCUT2D eigenvalue weighted by molar-refractivity contribution is 5.96. The minimum atomic E-state index is -0.138. The second kappa shape index (κ2) is 7.81. The third-order valence-corrected chi connectivity index (χ3v) is 7.73. The molecule has 0 bridgehead atoms. The molecule has 0 atom stereocenters. The number of aryl methyl sites for hydroxylation is 1. The molecule has 6 heteroatoms. The molecule has 2 fully saturated rings. The van der Waals surface area contributed by atoms with Crippen LogP contribution in [0.4, 0.5) is 0 Å². The van der Waals surface area contributed by atoms with Crippen LogP contribution in [0, 0.1) is 6.92 Å². The van der Waals surface area contributed by atoms with Gasteiger partial charge in [-0.05, 0) is 43.7 Å². The molecule has 5 rings (SSSR count). The molecule has 6 nitrogen and oxygen atoms in total. The Morgan fingerprint density at radius 3 is 2.58 bits per heavy atom. The van der Waals surface area contributed by atoms with Crippen LogP contribution in [0.5, 0.6) is 0 Å². The van der Waals surface area contributed by atoms with Crippen LogP contribution in [0.2, 0.25) is 0 Å². The molecule has 0 unspecified atom stereocenters. The molecular weight excluding hydrogens is 388 g/mol. The smallest absolute Gasteiger partial charge is 0.257 e. The standard InChI is InChI=1S/C25H32N4O2/c1-18-7-3-4-8-19(18)15-22(30)28-13-11-25(12-14-28)17-27(2)24(31)21-16-29(26-23(21)25)20-9-5-6-10-20/h3-4,7-8,16,20H,5-6,9-15,17H2,1-2H3. The predicted octanol–water partition coefficient (Wildman–Crippen LogP) is 3.50. The van der Waals surface area contributed by atoms with Gasteiger partial charge in [0.15, 0.2) is 0 Å². The summed E-state index contributed by atoms with van der Waals surface area (Å²) in [6, 6.07) is 8.54. The van der Waals surface area contributed by atoms with Crippen molar-refractivity contribution in [3.05, 3.63) is 52.8 Å². The van der Waals surface area contributed by atoms with Gasteiger partial charge in [0.2, 0.25) is 5.91 Å². The van der Waals surface area contributed by atoms with E-state index in [0.29, 0.717) is 19.0 Å². The zero-order chi connectivity index (χ0) is 21.6. The summed E-state index contributed by atoms with van der Waals surface area (Å²) in [7, 11) is 1.90. The average molecular weight is 421 g/mol. The Kier molecular flexibility index (Phi) is 5.11. The second-order valence-electron chi connectivity index (χ2n) is 9.74. The molecule has 0 radical (unpaired) electrons. The maximum Gasteiger partial charge on any atom is 0.257 e. The lowest BCUT2D eigenvalue weighted by molar-refractivity contribution is -0.132. The molecule has 31 heavy (non-hydrogen) atoms. The molecule has 0 N–H and O–H groups in total. The molecular formula is C25H32N4O2. The van der Waals surface area contributed by atoms with Gasteiger partial charge in [-0.3, -0.25) is 14.3 Å². The van der Waals surface area contributed by atoms with Gasteiger partial charge in [-0.1, -0.05) is 37.1 Å². The fraction of sp³-hybridized carbons (Fsp3) is 0.560. The number of amides is 2. The lowest BCUT2D eigenvalue weighted by Gasteiger charge is -2.45. The fourth-order valence-corrected chi connectivity index (χ4v) is 5.76. The van der Waals surface area contributed by atoms with Crippen molar-refractivity contribution in [1.29, 1.82) is 0 Å². The molecule has 1 spiro atoms. The normalized spacial score (nSPS) is 21.0. The van der Waals surface area contributed by atoms with Crippen LogP contribution < -0.4 is 0 Å². The first-order valence-electron chi connectivity index (χ1n) is 11.6. The van der Waals surface area contributed by atoms with Crippen LogP contribution in [0.1, 0.15) is 71.7 Å². The quantitative estimate of drug-likeness (QED) is 0.764.